The zero-order chi connectivity index (χ0) is 17.9. The number of hydrogen-bond acceptors (Lipinski definition) is 4. The Kier molecular flexibility index (Phi) is 5.24. The molecule has 0 aliphatic carbocycles. The lowest BCUT2D eigenvalue weighted by atomic mass is 10.2. The Bertz CT molecular complexity index is 816. The molecule has 0 atom stereocenters. The van der Waals surface area contributed by atoms with E-state index in [-0.39, 0.29) is 4.90 Å². The summed E-state index contributed by atoms with van der Waals surface area (Å²) in [5, 5.41) is 0. The van der Waals surface area contributed by atoms with Gasteiger partial charge in [0, 0.05) is 26.2 Å². The Morgan fingerprint density at radius 1 is 1.00 bits per heavy atom. The smallest absolute Gasteiger partial charge is 0.243 e. The van der Waals surface area contributed by atoms with Gasteiger partial charge in [0.2, 0.25) is 10.0 Å². The first-order valence-corrected chi connectivity index (χ1v) is 9.69. The van der Waals surface area contributed by atoms with Crippen LogP contribution >= 0.6 is 0 Å². The van der Waals surface area contributed by atoms with Gasteiger partial charge in [0.1, 0.15) is 11.6 Å². The van der Waals surface area contributed by atoms with Crippen LogP contribution in [0.4, 0.5) is 10.1 Å². The van der Waals surface area contributed by atoms with Crippen LogP contribution in [0.5, 0.6) is 5.75 Å². The fourth-order valence-electron chi connectivity index (χ4n) is 2.92. The predicted octanol–water partition coefficient (Wildman–Crippen LogP) is 2.74. The lowest BCUT2D eigenvalue weighted by Crippen LogP contribution is -2.48. The molecule has 0 saturated carbocycles. The van der Waals surface area contributed by atoms with Crippen LogP contribution in [-0.4, -0.2) is 45.5 Å². The van der Waals surface area contributed by atoms with Crippen molar-refractivity contribution >= 4 is 15.7 Å². The number of rotatable bonds is 5. The van der Waals surface area contributed by atoms with E-state index >= 15 is 0 Å². The van der Waals surface area contributed by atoms with Gasteiger partial charge in [-0.15, -0.1) is 0 Å². The molecule has 2 aromatic rings. The summed E-state index contributed by atoms with van der Waals surface area (Å²) in [4.78, 5) is 2.25. The molecule has 2 aromatic carbocycles. The summed E-state index contributed by atoms with van der Waals surface area (Å²) in [5.74, 6) is 0.358. The van der Waals surface area contributed by atoms with Crippen LogP contribution in [0.25, 0.3) is 0 Å². The molecule has 1 heterocycles. The molecule has 7 heteroatoms. The van der Waals surface area contributed by atoms with Crippen LogP contribution in [0.3, 0.4) is 0 Å². The van der Waals surface area contributed by atoms with Gasteiger partial charge in [0.05, 0.1) is 17.2 Å². The van der Waals surface area contributed by atoms with Gasteiger partial charge in [-0.3, -0.25) is 0 Å². The average Bonchev–Trinajstić information content (AvgIpc) is 2.63. The Hall–Kier alpha value is -2.12. The lowest BCUT2D eigenvalue weighted by molar-refractivity contribution is 0.337. The predicted molar refractivity (Wildman–Crippen MR) is 95.0 cm³/mol. The number of para-hydroxylation sites is 2. The van der Waals surface area contributed by atoms with Crippen molar-refractivity contribution in [2.75, 3.05) is 37.7 Å². The second kappa shape index (κ2) is 7.41. The van der Waals surface area contributed by atoms with Crippen molar-refractivity contribution in [3.8, 4) is 5.75 Å². The molecule has 0 spiro atoms. The Balaban J connectivity index is 1.73. The van der Waals surface area contributed by atoms with E-state index in [1.54, 1.807) is 0 Å². The van der Waals surface area contributed by atoms with Gasteiger partial charge in [0.15, 0.2) is 0 Å². The molecule has 0 N–H and O–H groups in total. The highest BCUT2D eigenvalue weighted by Crippen LogP contribution is 2.29. The average molecular weight is 364 g/mol. The number of benzene rings is 2. The number of anilines is 1. The van der Waals surface area contributed by atoms with Crippen molar-refractivity contribution < 1.29 is 17.5 Å². The zero-order valence-electron chi connectivity index (χ0n) is 14.1. The molecule has 0 aromatic heterocycles. The van der Waals surface area contributed by atoms with E-state index < -0.39 is 15.8 Å². The maximum absolute atomic E-state index is 13.0. The summed E-state index contributed by atoms with van der Waals surface area (Å²) in [7, 11) is -3.60. The Labute approximate surface area is 147 Å². The van der Waals surface area contributed by atoms with Crippen molar-refractivity contribution in [3.05, 3.63) is 54.3 Å². The number of ether oxygens (including phenoxy) is 1. The highest BCUT2D eigenvalue weighted by atomic mass is 32.2. The molecule has 1 fully saturated rings. The molecule has 1 aliphatic rings. The van der Waals surface area contributed by atoms with Crippen LogP contribution in [0, 0.1) is 5.82 Å². The fourth-order valence-corrected chi connectivity index (χ4v) is 4.34. The first-order chi connectivity index (χ1) is 12.0. The second-order valence-electron chi connectivity index (χ2n) is 5.75. The minimum atomic E-state index is -3.60. The van der Waals surface area contributed by atoms with E-state index in [1.165, 1.54) is 28.6 Å². The highest BCUT2D eigenvalue weighted by molar-refractivity contribution is 7.89. The summed E-state index contributed by atoms with van der Waals surface area (Å²) in [5.41, 5.74) is 0.975. The van der Waals surface area contributed by atoms with Gasteiger partial charge in [-0.2, -0.15) is 4.31 Å². The van der Waals surface area contributed by atoms with Gasteiger partial charge in [-0.25, -0.2) is 12.8 Å². The summed E-state index contributed by atoms with van der Waals surface area (Å²) >= 11 is 0. The maximum Gasteiger partial charge on any atom is 0.243 e. The normalized spacial score (nSPS) is 16.0. The molecular formula is C18H21FN2O3S. The minimum absolute atomic E-state index is 0.122. The van der Waals surface area contributed by atoms with E-state index in [0.717, 1.165) is 11.4 Å². The van der Waals surface area contributed by atoms with E-state index in [4.69, 9.17) is 4.74 Å². The molecular weight excluding hydrogens is 343 g/mol. The molecule has 0 radical (unpaired) electrons. The minimum Gasteiger partial charge on any atom is -0.492 e. The molecule has 1 saturated heterocycles. The molecule has 3 rings (SSSR count). The molecule has 0 amide bonds. The largest absolute Gasteiger partial charge is 0.492 e. The summed E-state index contributed by atoms with van der Waals surface area (Å²) in [6.07, 6.45) is 0. The van der Waals surface area contributed by atoms with Gasteiger partial charge >= 0.3 is 0 Å². The van der Waals surface area contributed by atoms with Gasteiger partial charge < -0.3 is 9.64 Å². The standard InChI is InChI=1S/C18H21FN2O3S/c1-2-24-18-6-4-3-5-17(18)20-11-13-21(14-12-20)25(22,23)16-9-7-15(19)8-10-16/h3-10H,2,11-14H2,1H3. The third-order valence-corrected chi connectivity index (χ3v) is 6.11. The number of nitrogens with zero attached hydrogens (tertiary/aromatic N) is 2. The second-order valence-corrected chi connectivity index (χ2v) is 7.68. The monoisotopic (exact) mass is 364 g/mol. The molecule has 1 aliphatic heterocycles. The van der Waals surface area contributed by atoms with Crippen molar-refractivity contribution in [1.82, 2.24) is 4.31 Å². The third kappa shape index (κ3) is 3.77. The quantitative estimate of drug-likeness (QED) is 0.819. The van der Waals surface area contributed by atoms with E-state index in [1.807, 2.05) is 31.2 Å². The molecule has 0 unspecified atom stereocenters. The molecule has 0 bridgehead atoms. The van der Waals surface area contributed by atoms with Crippen molar-refractivity contribution in [2.45, 2.75) is 11.8 Å². The van der Waals surface area contributed by atoms with Gasteiger partial charge in [-0.1, -0.05) is 12.1 Å². The zero-order valence-corrected chi connectivity index (χ0v) is 14.9. The molecule has 25 heavy (non-hydrogen) atoms. The lowest BCUT2D eigenvalue weighted by Gasteiger charge is -2.36. The summed E-state index contributed by atoms with van der Waals surface area (Å²) in [6.45, 7) is 4.41. The van der Waals surface area contributed by atoms with E-state index in [0.29, 0.717) is 32.8 Å². The third-order valence-electron chi connectivity index (χ3n) is 4.20. The molecule has 134 valence electrons. The van der Waals surface area contributed by atoms with Crippen LogP contribution in [0.15, 0.2) is 53.4 Å². The van der Waals surface area contributed by atoms with E-state index in [2.05, 4.69) is 4.90 Å². The van der Waals surface area contributed by atoms with Crippen LogP contribution < -0.4 is 9.64 Å². The van der Waals surface area contributed by atoms with Crippen LogP contribution in [0.2, 0.25) is 0 Å². The number of piperazine rings is 1. The molecule has 5 nitrogen and oxygen atoms in total. The SMILES string of the molecule is CCOc1ccccc1N1CCN(S(=O)(=O)c2ccc(F)cc2)CC1. The number of sulfonamides is 1. The van der Waals surface area contributed by atoms with Crippen molar-refractivity contribution in [3.63, 3.8) is 0 Å². The Morgan fingerprint density at radius 2 is 1.64 bits per heavy atom. The number of hydrogen-bond donors (Lipinski definition) is 0. The first-order valence-electron chi connectivity index (χ1n) is 8.25. The van der Waals surface area contributed by atoms with Crippen molar-refractivity contribution in [2.24, 2.45) is 0 Å². The van der Waals surface area contributed by atoms with Crippen molar-refractivity contribution in [1.29, 1.82) is 0 Å². The van der Waals surface area contributed by atoms with Gasteiger partial charge in [0.25, 0.3) is 0 Å². The van der Waals surface area contributed by atoms with Gasteiger partial charge in [-0.05, 0) is 43.3 Å². The van der Waals surface area contributed by atoms with E-state index in [9.17, 15) is 12.8 Å². The topological polar surface area (TPSA) is 49.9 Å². The van der Waals surface area contributed by atoms with Crippen LogP contribution in [-0.2, 0) is 10.0 Å². The fraction of sp³-hybridized carbons (Fsp3) is 0.333. The Morgan fingerprint density at radius 3 is 2.28 bits per heavy atom. The maximum atomic E-state index is 13.0. The number of halogens is 1. The summed E-state index contributed by atoms with van der Waals surface area (Å²) in [6, 6.07) is 12.7. The highest BCUT2D eigenvalue weighted by Gasteiger charge is 2.29. The first kappa shape index (κ1) is 17.7. The summed E-state index contributed by atoms with van der Waals surface area (Å²) < 4.78 is 45.5. The van der Waals surface area contributed by atoms with Crippen LogP contribution in [0.1, 0.15) is 6.92 Å².